The zero-order valence-corrected chi connectivity index (χ0v) is 19.0. The van der Waals surface area contributed by atoms with Gasteiger partial charge in [0.05, 0.1) is 35.3 Å². The van der Waals surface area contributed by atoms with E-state index >= 15 is 0 Å². The molecule has 1 aromatic carbocycles. The largest absolute Gasteiger partial charge is 0.468 e. The summed E-state index contributed by atoms with van der Waals surface area (Å²) in [4.78, 5) is 24.9. The van der Waals surface area contributed by atoms with Gasteiger partial charge in [-0.2, -0.15) is 0 Å². The number of sulfone groups is 1. The predicted molar refractivity (Wildman–Crippen MR) is 118 cm³/mol. The standard InChI is InChI=1S/C20H22N4O7S2/c25-19-8-7-18(23-24(19)15-9-11-32(27,28)13-15)20(26)22-14-3-5-17(6-4-14)33(29,30)21-12-16-2-1-10-31-16/h1-7,10,15,21,23H,8-9,11-13H2,(H,22,26)/t15-/m1/s1. The SMILES string of the molecule is O=C(Nc1ccc(S(=O)(=O)NCc2ccco2)cc1)C1=CCC(=O)N([C@@H]2CCS(=O)(=O)C2)N1. The van der Waals surface area contributed by atoms with Crippen LogP contribution in [-0.2, 0) is 36.0 Å². The maximum atomic E-state index is 12.6. The van der Waals surface area contributed by atoms with Crippen molar-refractivity contribution in [3.63, 3.8) is 0 Å². The summed E-state index contributed by atoms with van der Waals surface area (Å²) in [6, 6.07) is 8.35. The smallest absolute Gasteiger partial charge is 0.273 e. The van der Waals surface area contributed by atoms with E-state index in [4.69, 9.17) is 4.42 Å². The fourth-order valence-electron chi connectivity index (χ4n) is 3.52. The second-order valence-electron chi connectivity index (χ2n) is 7.64. The number of carbonyl (C=O) groups excluding carboxylic acids is 2. The third-order valence-corrected chi connectivity index (χ3v) is 8.42. The summed E-state index contributed by atoms with van der Waals surface area (Å²) in [6.07, 6.45) is 3.14. The number of hydrazine groups is 1. The lowest BCUT2D eigenvalue weighted by molar-refractivity contribution is -0.136. The highest BCUT2D eigenvalue weighted by atomic mass is 32.2. The number of nitrogens with zero attached hydrogens (tertiary/aromatic N) is 1. The highest BCUT2D eigenvalue weighted by molar-refractivity contribution is 7.91. The first-order valence-corrected chi connectivity index (χ1v) is 13.4. The molecule has 3 heterocycles. The van der Waals surface area contributed by atoms with Crippen molar-refractivity contribution < 1.29 is 30.8 Å². The van der Waals surface area contributed by atoms with Crippen LogP contribution in [0.25, 0.3) is 0 Å². The molecule has 2 aliphatic rings. The molecule has 4 rings (SSSR count). The lowest BCUT2D eigenvalue weighted by atomic mass is 10.2. The molecule has 0 radical (unpaired) electrons. The molecular weight excluding hydrogens is 472 g/mol. The van der Waals surface area contributed by atoms with Gasteiger partial charge in [-0.25, -0.2) is 21.6 Å². The Labute approximate surface area is 190 Å². The molecular formula is C20H22N4O7S2. The van der Waals surface area contributed by atoms with Gasteiger partial charge >= 0.3 is 0 Å². The number of furan rings is 1. The first-order valence-electron chi connectivity index (χ1n) is 10.1. The fraction of sp³-hybridized carbons (Fsp3) is 0.300. The van der Waals surface area contributed by atoms with Crippen LogP contribution in [0, 0.1) is 0 Å². The van der Waals surface area contributed by atoms with Gasteiger partial charge in [-0.3, -0.25) is 20.0 Å². The van der Waals surface area contributed by atoms with Crippen LogP contribution in [-0.4, -0.2) is 51.2 Å². The molecule has 1 atom stereocenters. The van der Waals surface area contributed by atoms with Crippen molar-refractivity contribution >= 4 is 37.4 Å². The molecule has 0 spiro atoms. The number of benzene rings is 1. The van der Waals surface area contributed by atoms with Gasteiger partial charge in [0, 0.05) is 12.1 Å². The van der Waals surface area contributed by atoms with E-state index in [2.05, 4.69) is 15.5 Å². The zero-order chi connectivity index (χ0) is 23.6. The Balaban J connectivity index is 1.37. The van der Waals surface area contributed by atoms with Crippen LogP contribution in [0.1, 0.15) is 18.6 Å². The van der Waals surface area contributed by atoms with E-state index in [1.54, 1.807) is 12.1 Å². The van der Waals surface area contributed by atoms with Gasteiger partial charge < -0.3 is 9.73 Å². The van der Waals surface area contributed by atoms with Gasteiger partial charge in [0.2, 0.25) is 15.9 Å². The Bertz CT molecular complexity index is 1280. The number of nitrogens with one attached hydrogen (secondary N) is 3. The zero-order valence-electron chi connectivity index (χ0n) is 17.4. The van der Waals surface area contributed by atoms with Crippen LogP contribution in [0.15, 0.2) is 63.7 Å². The second-order valence-corrected chi connectivity index (χ2v) is 11.6. The Kier molecular flexibility index (Phi) is 6.28. The normalized spacial score (nSPS) is 20.2. The summed E-state index contributed by atoms with van der Waals surface area (Å²) in [5, 5.41) is 3.84. The van der Waals surface area contributed by atoms with Gasteiger partial charge in [0.1, 0.15) is 11.5 Å². The van der Waals surface area contributed by atoms with Crippen molar-refractivity contribution in [2.24, 2.45) is 0 Å². The van der Waals surface area contributed by atoms with Gasteiger partial charge in [-0.1, -0.05) is 0 Å². The molecule has 2 amide bonds. The van der Waals surface area contributed by atoms with Gasteiger partial charge in [0.25, 0.3) is 5.91 Å². The van der Waals surface area contributed by atoms with Crippen LogP contribution in [0.5, 0.6) is 0 Å². The summed E-state index contributed by atoms with van der Waals surface area (Å²) in [7, 11) is -6.98. The topological polar surface area (TPSA) is 155 Å². The van der Waals surface area contributed by atoms with E-state index in [1.807, 2.05) is 0 Å². The van der Waals surface area contributed by atoms with Gasteiger partial charge in [-0.15, -0.1) is 0 Å². The molecule has 3 N–H and O–H groups in total. The number of hydrogen-bond acceptors (Lipinski definition) is 8. The average Bonchev–Trinajstić information content (AvgIpc) is 3.42. The maximum absolute atomic E-state index is 12.6. The fourth-order valence-corrected chi connectivity index (χ4v) is 6.21. The van der Waals surface area contributed by atoms with Crippen LogP contribution in [0.3, 0.4) is 0 Å². The summed E-state index contributed by atoms with van der Waals surface area (Å²) in [5.74, 6) is -0.534. The minimum absolute atomic E-state index is 0.00000266. The summed E-state index contributed by atoms with van der Waals surface area (Å²) < 4.78 is 55.8. The van der Waals surface area contributed by atoms with Crippen molar-refractivity contribution in [2.45, 2.75) is 30.3 Å². The Hall–Kier alpha value is -3.16. The van der Waals surface area contributed by atoms with Crippen LogP contribution < -0.4 is 15.5 Å². The summed E-state index contributed by atoms with van der Waals surface area (Å²) in [6.45, 7) is 0.00512. The van der Waals surface area contributed by atoms with Gasteiger partial charge in [-0.05, 0) is 48.9 Å². The molecule has 2 aromatic rings. The number of amides is 2. The van der Waals surface area contributed by atoms with Crippen molar-refractivity contribution in [1.29, 1.82) is 0 Å². The molecule has 0 saturated carbocycles. The van der Waals surface area contributed by atoms with Crippen molar-refractivity contribution in [2.75, 3.05) is 16.8 Å². The highest BCUT2D eigenvalue weighted by Gasteiger charge is 2.37. The van der Waals surface area contributed by atoms with Crippen molar-refractivity contribution in [1.82, 2.24) is 15.2 Å². The van der Waals surface area contributed by atoms with E-state index < -0.39 is 31.8 Å². The molecule has 1 fully saturated rings. The number of rotatable bonds is 7. The quantitative estimate of drug-likeness (QED) is 0.503. The number of sulfonamides is 1. The van der Waals surface area contributed by atoms with Crippen molar-refractivity contribution in [3.8, 4) is 0 Å². The molecule has 33 heavy (non-hydrogen) atoms. The number of carbonyl (C=O) groups is 2. The molecule has 11 nitrogen and oxygen atoms in total. The van der Waals surface area contributed by atoms with E-state index in [0.29, 0.717) is 17.9 Å². The van der Waals surface area contributed by atoms with E-state index in [0.717, 1.165) is 0 Å². The third kappa shape index (κ3) is 5.43. The number of anilines is 1. The molecule has 0 aliphatic carbocycles. The number of hydrogen-bond donors (Lipinski definition) is 3. The summed E-state index contributed by atoms with van der Waals surface area (Å²) >= 11 is 0. The Morgan fingerprint density at radius 3 is 2.61 bits per heavy atom. The molecule has 1 saturated heterocycles. The molecule has 13 heteroatoms. The predicted octanol–water partition coefficient (Wildman–Crippen LogP) is 0.504. The van der Waals surface area contributed by atoms with E-state index in [1.165, 1.54) is 41.6 Å². The molecule has 176 valence electrons. The minimum Gasteiger partial charge on any atom is -0.468 e. The first-order chi connectivity index (χ1) is 15.6. The third-order valence-electron chi connectivity index (χ3n) is 5.25. The maximum Gasteiger partial charge on any atom is 0.273 e. The Morgan fingerprint density at radius 2 is 1.97 bits per heavy atom. The van der Waals surface area contributed by atoms with Gasteiger partial charge in [0.15, 0.2) is 9.84 Å². The highest BCUT2D eigenvalue weighted by Crippen LogP contribution is 2.21. The molecule has 1 aromatic heterocycles. The van der Waals surface area contributed by atoms with Crippen LogP contribution >= 0.6 is 0 Å². The van der Waals surface area contributed by atoms with Crippen molar-refractivity contribution in [3.05, 3.63) is 60.2 Å². The second kappa shape index (κ2) is 9.00. The van der Waals surface area contributed by atoms with E-state index in [-0.39, 0.29) is 41.0 Å². The average molecular weight is 495 g/mol. The first kappa shape index (κ1) is 23.0. The molecule has 0 bridgehead atoms. The monoisotopic (exact) mass is 494 g/mol. The van der Waals surface area contributed by atoms with E-state index in [9.17, 15) is 26.4 Å². The molecule has 0 unspecified atom stereocenters. The lowest BCUT2D eigenvalue weighted by Crippen LogP contribution is -2.53. The van der Waals surface area contributed by atoms with Crippen LogP contribution in [0.4, 0.5) is 5.69 Å². The van der Waals surface area contributed by atoms with Crippen LogP contribution in [0.2, 0.25) is 0 Å². The minimum atomic E-state index is -3.77. The summed E-state index contributed by atoms with van der Waals surface area (Å²) in [5.41, 5.74) is 3.18. The molecule has 2 aliphatic heterocycles. The Morgan fingerprint density at radius 1 is 1.21 bits per heavy atom. The lowest BCUT2D eigenvalue weighted by Gasteiger charge is -2.32.